The number of halogens is 1. The van der Waals surface area contributed by atoms with E-state index >= 15 is 0 Å². The number of benzene rings is 3. The minimum Gasteiger partial charge on any atom is -0.508 e. The van der Waals surface area contributed by atoms with Crippen molar-refractivity contribution in [3.63, 3.8) is 0 Å². The van der Waals surface area contributed by atoms with Crippen molar-refractivity contribution < 1.29 is 24.2 Å². The summed E-state index contributed by atoms with van der Waals surface area (Å²) in [6, 6.07) is 17.8. The Labute approximate surface area is 206 Å². The highest BCUT2D eigenvalue weighted by atomic mass is 35.5. The highest BCUT2D eigenvalue weighted by Crippen LogP contribution is 2.41. The third-order valence-corrected chi connectivity index (χ3v) is 6.54. The molecular formula is C28H22ClNO5. The molecule has 2 N–H and O–H groups in total. The first kappa shape index (κ1) is 22.7. The minimum atomic E-state index is -0.868. The summed E-state index contributed by atoms with van der Waals surface area (Å²) in [5.41, 5.74) is 3.90. The molecule has 2 heterocycles. The molecule has 176 valence electrons. The van der Waals surface area contributed by atoms with Crippen LogP contribution in [0.2, 0.25) is 5.02 Å². The number of furan rings is 1. The van der Waals surface area contributed by atoms with E-state index in [1.807, 2.05) is 32.0 Å². The molecule has 4 aromatic rings. The van der Waals surface area contributed by atoms with E-state index in [2.05, 4.69) is 0 Å². The largest absolute Gasteiger partial charge is 0.508 e. The molecule has 1 unspecified atom stereocenters. The van der Waals surface area contributed by atoms with Crippen molar-refractivity contribution in [2.75, 3.05) is 0 Å². The van der Waals surface area contributed by atoms with Gasteiger partial charge in [-0.25, -0.2) is 0 Å². The van der Waals surface area contributed by atoms with Gasteiger partial charge in [-0.1, -0.05) is 47.5 Å². The van der Waals surface area contributed by atoms with Crippen LogP contribution >= 0.6 is 11.6 Å². The number of ketones is 1. The number of aliphatic hydroxyl groups excluding tert-OH is 1. The van der Waals surface area contributed by atoms with Crippen LogP contribution in [-0.4, -0.2) is 26.8 Å². The van der Waals surface area contributed by atoms with Crippen molar-refractivity contribution in [2.24, 2.45) is 0 Å². The molecule has 1 aromatic heterocycles. The van der Waals surface area contributed by atoms with Crippen molar-refractivity contribution in [3.05, 3.63) is 111 Å². The van der Waals surface area contributed by atoms with Gasteiger partial charge in [-0.15, -0.1) is 0 Å². The molecule has 1 atom stereocenters. The number of hydrogen-bond acceptors (Lipinski definition) is 5. The Morgan fingerprint density at radius 2 is 1.74 bits per heavy atom. The van der Waals surface area contributed by atoms with E-state index in [4.69, 9.17) is 16.0 Å². The zero-order valence-corrected chi connectivity index (χ0v) is 19.8. The van der Waals surface area contributed by atoms with Gasteiger partial charge in [-0.05, 0) is 66.9 Å². The molecule has 1 amide bonds. The number of aryl methyl sites for hydroxylation is 2. The van der Waals surface area contributed by atoms with Gasteiger partial charge in [-0.2, -0.15) is 0 Å². The maximum Gasteiger partial charge on any atom is 0.290 e. The fraction of sp³-hybridized carbons (Fsp3) is 0.143. The summed E-state index contributed by atoms with van der Waals surface area (Å²) in [6.07, 6.45) is 0. The van der Waals surface area contributed by atoms with Crippen LogP contribution in [0.15, 0.2) is 82.5 Å². The van der Waals surface area contributed by atoms with Gasteiger partial charge in [0.2, 0.25) is 5.78 Å². The minimum absolute atomic E-state index is 0.00557. The molecule has 0 radical (unpaired) electrons. The van der Waals surface area contributed by atoms with Crippen molar-refractivity contribution in [2.45, 2.75) is 26.4 Å². The van der Waals surface area contributed by atoms with Gasteiger partial charge < -0.3 is 19.5 Å². The molecule has 6 nitrogen and oxygen atoms in total. The van der Waals surface area contributed by atoms with E-state index < -0.39 is 23.5 Å². The van der Waals surface area contributed by atoms with Gasteiger partial charge in [0.15, 0.2) is 11.5 Å². The first-order valence-electron chi connectivity index (χ1n) is 11.1. The van der Waals surface area contributed by atoms with E-state index in [0.29, 0.717) is 21.6 Å². The molecule has 0 fully saturated rings. The lowest BCUT2D eigenvalue weighted by Crippen LogP contribution is -2.31. The van der Waals surface area contributed by atoms with Gasteiger partial charge in [0, 0.05) is 17.0 Å². The van der Waals surface area contributed by atoms with Crippen LogP contribution in [-0.2, 0) is 11.3 Å². The van der Waals surface area contributed by atoms with Crippen LogP contribution in [0.4, 0.5) is 0 Å². The van der Waals surface area contributed by atoms with E-state index in [-0.39, 0.29) is 23.6 Å². The monoisotopic (exact) mass is 487 g/mol. The first-order chi connectivity index (χ1) is 16.7. The number of amides is 1. The Balaban J connectivity index is 1.61. The summed E-state index contributed by atoms with van der Waals surface area (Å²) < 4.78 is 5.75. The second-order valence-corrected chi connectivity index (χ2v) is 9.18. The average Bonchev–Trinajstić information content (AvgIpc) is 3.36. The predicted octanol–water partition coefficient (Wildman–Crippen LogP) is 6.19. The standard InChI is InChI=1S/C28H22ClNO5/c1-15-3-4-16(2)19(11-15)14-30-25(17-5-8-21(31)9-6-17)24(27(33)28(30)34)26(32)23-13-18-12-20(29)7-10-22(18)35-23/h3-13,25,31,33H,14H2,1-2H3. The number of aliphatic hydroxyl groups is 1. The van der Waals surface area contributed by atoms with E-state index in [0.717, 1.165) is 16.7 Å². The molecule has 0 saturated carbocycles. The highest BCUT2D eigenvalue weighted by molar-refractivity contribution is 6.31. The van der Waals surface area contributed by atoms with Crippen molar-refractivity contribution >= 4 is 34.3 Å². The van der Waals surface area contributed by atoms with Crippen molar-refractivity contribution in [3.8, 4) is 5.75 Å². The van der Waals surface area contributed by atoms with E-state index in [1.165, 1.54) is 17.0 Å². The summed E-state index contributed by atoms with van der Waals surface area (Å²) in [4.78, 5) is 28.4. The maximum absolute atomic E-state index is 13.7. The highest BCUT2D eigenvalue weighted by Gasteiger charge is 2.44. The van der Waals surface area contributed by atoms with E-state index in [9.17, 15) is 19.8 Å². The molecule has 3 aromatic carbocycles. The molecule has 0 saturated heterocycles. The van der Waals surface area contributed by atoms with Crippen LogP contribution in [0.25, 0.3) is 11.0 Å². The van der Waals surface area contributed by atoms with Gasteiger partial charge in [0.05, 0.1) is 11.6 Å². The number of phenolic OH excluding ortho intramolecular Hbond substituents is 1. The Morgan fingerprint density at radius 1 is 1.00 bits per heavy atom. The molecule has 0 aliphatic carbocycles. The van der Waals surface area contributed by atoms with Crippen LogP contribution in [0.3, 0.4) is 0 Å². The molecule has 1 aliphatic rings. The van der Waals surface area contributed by atoms with Crippen LogP contribution in [0.1, 0.15) is 38.9 Å². The normalized spacial score (nSPS) is 15.9. The fourth-order valence-electron chi connectivity index (χ4n) is 4.46. The smallest absolute Gasteiger partial charge is 0.290 e. The fourth-order valence-corrected chi connectivity index (χ4v) is 4.65. The average molecular weight is 488 g/mol. The number of carbonyl (C=O) groups excluding carboxylic acids is 2. The SMILES string of the molecule is Cc1ccc(C)c(CN2C(=O)C(O)=C(C(=O)c3cc4cc(Cl)ccc4o3)C2c2ccc(O)cc2)c1. The number of aromatic hydroxyl groups is 1. The van der Waals surface area contributed by atoms with Crippen molar-refractivity contribution in [1.82, 2.24) is 4.90 Å². The second kappa shape index (κ2) is 8.64. The zero-order valence-electron chi connectivity index (χ0n) is 19.1. The van der Waals surface area contributed by atoms with E-state index in [1.54, 1.807) is 36.4 Å². The summed E-state index contributed by atoms with van der Waals surface area (Å²) in [5.74, 6) is -1.81. The predicted molar refractivity (Wildman–Crippen MR) is 133 cm³/mol. The first-order valence-corrected chi connectivity index (χ1v) is 11.4. The molecule has 35 heavy (non-hydrogen) atoms. The molecule has 0 spiro atoms. The lowest BCUT2D eigenvalue weighted by Gasteiger charge is -2.27. The number of nitrogens with zero attached hydrogens (tertiary/aromatic N) is 1. The summed E-state index contributed by atoms with van der Waals surface area (Å²) in [5, 5.41) is 21.9. The Bertz CT molecular complexity index is 1520. The molecule has 7 heteroatoms. The zero-order chi connectivity index (χ0) is 24.9. The lowest BCUT2D eigenvalue weighted by molar-refractivity contribution is -0.130. The van der Waals surface area contributed by atoms with Gasteiger partial charge in [0.25, 0.3) is 5.91 Å². The molecule has 1 aliphatic heterocycles. The Kier molecular flexibility index (Phi) is 5.61. The number of phenols is 1. The second-order valence-electron chi connectivity index (χ2n) is 8.74. The number of Topliss-reactive ketones (excluding diaryl/α,β-unsaturated/α-hetero) is 1. The van der Waals surface area contributed by atoms with Gasteiger partial charge >= 0.3 is 0 Å². The topological polar surface area (TPSA) is 91.0 Å². The summed E-state index contributed by atoms with van der Waals surface area (Å²) >= 11 is 6.07. The van der Waals surface area contributed by atoms with Gasteiger partial charge in [-0.3, -0.25) is 9.59 Å². The molecule has 0 bridgehead atoms. The maximum atomic E-state index is 13.7. The van der Waals surface area contributed by atoms with Crippen LogP contribution in [0.5, 0.6) is 5.75 Å². The molecular weight excluding hydrogens is 466 g/mol. The van der Waals surface area contributed by atoms with Crippen LogP contribution in [0, 0.1) is 13.8 Å². The molecule has 5 rings (SSSR count). The number of carbonyl (C=O) groups is 2. The van der Waals surface area contributed by atoms with Gasteiger partial charge in [0.1, 0.15) is 11.3 Å². The van der Waals surface area contributed by atoms with Crippen LogP contribution < -0.4 is 0 Å². The number of hydrogen-bond donors (Lipinski definition) is 2. The Hall–Kier alpha value is -4.03. The number of fused-ring (bicyclic) bond motifs is 1. The number of rotatable bonds is 5. The van der Waals surface area contributed by atoms with Crippen molar-refractivity contribution in [1.29, 1.82) is 0 Å². The Morgan fingerprint density at radius 3 is 2.49 bits per heavy atom. The summed E-state index contributed by atoms with van der Waals surface area (Å²) in [7, 11) is 0. The lowest BCUT2D eigenvalue weighted by atomic mass is 9.94. The quantitative estimate of drug-likeness (QED) is 0.328. The third kappa shape index (κ3) is 4.06. The third-order valence-electron chi connectivity index (χ3n) is 6.30. The summed E-state index contributed by atoms with van der Waals surface area (Å²) in [6.45, 7) is 4.10.